The molecule has 1 atom stereocenters. The van der Waals surface area contributed by atoms with E-state index in [-0.39, 0.29) is 6.17 Å². The van der Waals surface area contributed by atoms with Crippen LogP contribution in [-0.4, -0.2) is 24.8 Å². The van der Waals surface area contributed by atoms with Gasteiger partial charge < -0.3 is 26.7 Å². The number of nitrogens with zero attached hydrogens (tertiary/aromatic N) is 3. The van der Waals surface area contributed by atoms with Crippen molar-refractivity contribution < 1.29 is 0 Å². The van der Waals surface area contributed by atoms with Crippen LogP contribution in [0.4, 0.5) is 17.1 Å². The van der Waals surface area contributed by atoms with Crippen molar-refractivity contribution in [1.29, 1.82) is 16.1 Å². The van der Waals surface area contributed by atoms with E-state index in [2.05, 4.69) is 11.0 Å². The summed E-state index contributed by atoms with van der Waals surface area (Å²) in [4.78, 5) is 3.92. The summed E-state index contributed by atoms with van der Waals surface area (Å²) in [6, 6.07) is 15.2. The molecular formula is C21H23N7. The third kappa shape index (κ3) is 3.46. The van der Waals surface area contributed by atoms with Gasteiger partial charge in [0.05, 0.1) is 29.2 Å². The van der Waals surface area contributed by atoms with Crippen molar-refractivity contribution in [2.24, 2.45) is 11.5 Å². The van der Waals surface area contributed by atoms with Crippen LogP contribution < -0.4 is 21.3 Å². The van der Waals surface area contributed by atoms with Gasteiger partial charge in [-0.1, -0.05) is 6.07 Å². The van der Waals surface area contributed by atoms with Gasteiger partial charge in [0.2, 0.25) is 0 Å². The van der Waals surface area contributed by atoms with Crippen LogP contribution in [0, 0.1) is 22.1 Å². The maximum atomic E-state index is 9.07. The lowest BCUT2D eigenvalue weighted by atomic mass is 10.0. The number of hydrogen-bond donors (Lipinski definition) is 4. The number of nitrogens with two attached hydrogens (primary N) is 2. The molecule has 0 aromatic heterocycles. The minimum Gasteiger partial charge on any atom is -0.404 e. The molecule has 1 aliphatic rings. The van der Waals surface area contributed by atoms with Gasteiger partial charge in [0.25, 0.3) is 0 Å². The first-order valence-electron chi connectivity index (χ1n) is 8.97. The predicted octanol–water partition coefficient (Wildman–Crippen LogP) is 3.14. The highest BCUT2D eigenvalue weighted by molar-refractivity contribution is 6.09. The van der Waals surface area contributed by atoms with Crippen molar-refractivity contribution in [2.75, 3.05) is 16.3 Å². The van der Waals surface area contributed by atoms with E-state index in [1.54, 1.807) is 12.1 Å². The Labute approximate surface area is 164 Å². The van der Waals surface area contributed by atoms with Crippen molar-refractivity contribution in [3.05, 3.63) is 59.8 Å². The zero-order valence-corrected chi connectivity index (χ0v) is 15.7. The molecule has 0 bridgehead atoms. The summed E-state index contributed by atoms with van der Waals surface area (Å²) in [5, 5.41) is 25.2. The molecule has 7 nitrogen and oxygen atoms in total. The Morgan fingerprint density at radius 2 is 1.93 bits per heavy atom. The van der Waals surface area contributed by atoms with Crippen LogP contribution in [0.1, 0.15) is 24.5 Å². The SMILES string of the molecule is CC(N)N1C(=N)CCN(c2ccc(C#N)cc2)c2cc(/C(C=N)=C/N)ccc21. The van der Waals surface area contributed by atoms with E-state index in [0.717, 1.165) is 22.6 Å². The highest BCUT2D eigenvalue weighted by Gasteiger charge is 2.27. The van der Waals surface area contributed by atoms with Crippen LogP contribution in [0.25, 0.3) is 5.57 Å². The molecule has 1 heterocycles. The van der Waals surface area contributed by atoms with Crippen molar-refractivity contribution >= 4 is 34.7 Å². The Morgan fingerprint density at radius 1 is 1.21 bits per heavy atom. The third-order valence-corrected chi connectivity index (χ3v) is 4.77. The minimum atomic E-state index is -0.356. The van der Waals surface area contributed by atoms with Crippen LogP contribution >= 0.6 is 0 Å². The number of hydrogen-bond acceptors (Lipinski definition) is 6. The number of rotatable bonds is 4. The standard InChI is InChI=1S/C21H23N7/c1-14(25)28-19-7-4-16(17(12-23)13-24)10-20(19)27(9-8-21(28)26)18-5-2-15(11-22)3-6-18/h2-7,10,12-14,23,26H,8-9,24-25H2,1H3/b17-13+,23-12?,26-21?. The fourth-order valence-electron chi connectivity index (χ4n) is 3.40. The zero-order valence-electron chi connectivity index (χ0n) is 15.7. The number of nitriles is 1. The van der Waals surface area contributed by atoms with E-state index in [4.69, 9.17) is 27.5 Å². The second-order valence-electron chi connectivity index (χ2n) is 6.59. The highest BCUT2D eigenvalue weighted by atomic mass is 15.3. The van der Waals surface area contributed by atoms with Crippen LogP contribution in [0.2, 0.25) is 0 Å². The van der Waals surface area contributed by atoms with Crippen molar-refractivity contribution in [1.82, 2.24) is 0 Å². The zero-order chi connectivity index (χ0) is 20.3. The van der Waals surface area contributed by atoms with E-state index in [1.165, 1.54) is 12.4 Å². The lowest BCUT2D eigenvalue weighted by Gasteiger charge is -2.30. The summed E-state index contributed by atoms with van der Waals surface area (Å²) in [5.74, 6) is 0.446. The Morgan fingerprint density at radius 3 is 2.50 bits per heavy atom. The largest absolute Gasteiger partial charge is 0.404 e. The van der Waals surface area contributed by atoms with Crippen LogP contribution in [0.15, 0.2) is 48.7 Å². The molecule has 0 saturated carbocycles. The molecule has 28 heavy (non-hydrogen) atoms. The Hall–Kier alpha value is -3.63. The van der Waals surface area contributed by atoms with Gasteiger partial charge in [0.1, 0.15) is 5.84 Å². The van der Waals surface area contributed by atoms with Gasteiger partial charge >= 0.3 is 0 Å². The number of fused-ring (bicyclic) bond motifs is 1. The summed E-state index contributed by atoms with van der Waals surface area (Å²) < 4.78 is 0. The number of nitrogens with one attached hydrogen (secondary N) is 2. The molecule has 0 fully saturated rings. The monoisotopic (exact) mass is 373 g/mol. The summed E-state index contributed by atoms with van der Waals surface area (Å²) in [6.07, 6.45) is 2.79. The summed E-state index contributed by atoms with van der Waals surface area (Å²) >= 11 is 0. The average Bonchev–Trinajstić information content (AvgIpc) is 2.85. The summed E-state index contributed by atoms with van der Waals surface area (Å²) in [5.41, 5.74) is 16.5. The fourth-order valence-corrected chi connectivity index (χ4v) is 3.40. The molecule has 2 aromatic rings. The van der Waals surface area contributed by atoms with E-state index >= 15 is 0 Å². The lowest BCUT2D eigenvalue weighted by molar-refractivity contribution is 0.759. The van der Waals surface area contributed by atoms with E-state index in [1.807, 2.05) is 42.2 Å². The molecule has 0 spiro atoms. The Bertz CT molecular complexity index is 967. The molecule has 2 aromatic carbocycles. The molecule has 1 unspecified atom stereocenters. The number of allylic oxidation sites excluding steroid dienone is 1. The average molecular weight is 373 g/mol. The molecular weight excluding hydrogens is 350 g/mol. The van der Waals surface area contributed by atoms with E-state index in [0.29, 0.717) is 29.9 Å². The quantitative estimate of drug-likeness (QED) is 0.612. The predicted molar refractivity (Wildman–Crippen MR) is 114 cm³/mol. The van der Waals surface area contributed by atoms with Gasteiger partial charge in [-0.2, -0.15) is 5.26 Å². The maximum absolute atomic E-state index is 9.07. The molecule has 3 rings (SSSR count). The summed E-state index contributed by atoms with van der Waals surface area (Å²) in [6.45, 7) is 2.45. The lowest BCUT2D eigenvalue weighted by Crippen LogP contribution is -2.43. The first kappa shape index (κ1) is 19.1. The molecule has 7 heteroatoms. The Balaban J connectivity index is 2.20. The van der Waals surface area contributed by atoms with Crippen molar-refractivity contribution in [2.45, 2.75) is 19.5 Å². The fraction of sp³-hybridized carbons (Fsp3) is 0.190. The Kier molecular flexibility index (Phi) is 5.43. The third-order valence-electron chi connectivity index (χ3n) is 4.77. The molecule has 0 radical (unpaired) electrons. The highest BCUT2D eigenvalue weighted by Crippen LogP contribution is 2.39. The van der Waals surface area contributed by atoms with Crippen molar-refractivity contribution in [3.63, 3.8) is 0 Å². The van der Waals surface area contributed by atoms with Gasteiger partial charge in [-0.05, 0) is 48.9 Å². The van der Waals surface area contributed by atoms with Gasteiger partial charge in [-0.25, -0.2) is 0 Å². The number of benzene rings is 2. The van der Waals surface area contributed by atoms with Crippen LogP contribution in [-0.2, 0) is 0 Å². The second kappa shape index (κ2) is 7.94. The number of amidine groups is 1. The molecule has 6 N–H and O–H groups in total. The molecule has 0 saturated heterocycles. The molecule has 0 amide bonds. The van der Waals surface area contributed by atoms with Crippen LogP contribution in [0.5, 0.6) is 0 Å². The smallest absolute Gasteiger partial charge is 0.103 e. The molecule has 0 aliphatic carbocycles. The molecule has 142 valence electrons. The minimum absolute atomic E-state index is 0.356. The summed E-state index contributed by atoms with van der Waals surface area (Å²) in [7, 11) is 0. The van der Waals surface area contributed by atoms with E-state index < -0.39 is 0 Å². The maximum Gasteiger partial charge on any atom is 0.103 e. The van der Waals surface area contributed by atoms with Gasteiger partial charge in [0.15, 0.2) is 0 Å². The van der Waals surface area contributed by atoms with Gasteiger partial charge in [-0.15, -0.1) is 0 Å². The van der Waals surface area contributed by atoms with Crippen LogP contribution in [0.3, 0.4) is 0 Å². The molecule has 1 aliphatic heterocycles. The second-order valence-corrected chi connectivity index (χ2v) is 6.59. The first-order chi connectivity index (χ1) is 13.5. The van der Waals surface area contributed by atoms with Crippen molar-refractivity contribution in [3.8, 4) is 6.07 Å². The first-order valence-corrected chi connectivity index (χ1v) is 8.97. The van der Waals surface area contributed by atoms with Gasteiger partial charge in [-0.3, -0.25) is 5.41 Å². The normalized spacial score (nSPS) is 15.5. The number of anilines is 3. The van der Waals surface area contributed by atoms with E-state index in [9.17, 15) is 0 Å². The topological polar surface area (TPSA) is 130 Å². The van der Waals surface area contributed by atoms with Gasteiger partial charge in [0, 0.05) is 36.6 Å².